The summed E-state index contributed by atoms with van der Waals surface area (Å²) in [7, 11) is 0. The van der Waals surface area contributed by atoms with E-state index in [2.05, 4.69) is 10.2 Å². The van der Waals surface area contributed by atoms with E-state index in [4.69, 9.17) is 9.47 Å². The maximum atomic E-state index is 12.9. The first-order chi connectivity index (χ1) is 17.8. The van der Waals surface area contributed by atoms with Gasteiger partial charge in [0.1, 0.15) is 12.4 Å². The number of carbonyl (C=O) groups excluding carboxylic acids is 1. The average Bonchev–Trinajstić information content (AvgIpc) is 2.89. The zero-order valence-electron chi connectivity index (χ0n) is 21.4. The van der Waals surface area contributed by atoms with Crippen LogP contribution in [-0.4, -0.2) is 31.8 Å². The zero-order valence-corrected chi connectivity index (χ0v) is 21.4. The number of piperidine rings is 1. The summed E-state index contributed by atoms with van der Waals surface area (Å²) in [6.45, 7) is 4.43. The van der Waals surface area contributed by atoms with Crippen molar-refractivity contribution in [3.63, 3.8) is 0 Å². The fraction of sp³-hybridized carbons (Fsp3) is 0.552. The molecule has 1 amide bonds. The van der Waals surface area contributed by atoms with E-state index < -0.39 is 11.7 Å². The van der Waals surface area contributed by atoms with Gasteiger partial charge in [-0.2, -0.15) is 13.2 Å². The molecule has 37 heavy (non-hydrogen) atoms. The van der Waals surface area contributed by atoms with Crippen molar-refractivity contribution in [2.75, 3.05) is 24.6 Å². The van der Waals surface area contributed by atoms with Gasteiger partial charge in [-0.3, -0.25) is 0 Å². The summed E-state index contributed by atoms with van der Waals surface area (Å²) < 4.78 is 49.7. The number of hydrogen-bond donors (Lipinski definition) is 1. The van der Waals surface area contributed by atoms with Crippen molar-refractivity contribution in [1.82, 2.24) is 5.32 Å². The second-order valence-electron chi connectivity index (χ2n) is 10.2. The number of alkyl carbamates (subject to hydrolysis) is 1. The molecule has 5 nitrogen and oxygen atoms in total. The van der Waals surface area contributed by atoms with Crippen LogP contribution in [0.3, 0.4) is 0 Å². The highest BCUT2D eigenvalue weighted by atomic mass is 19.4. The first-order valence-corrected chi connectivity index (χ1v) is 13.4. The SMILES string of the molecule is CCOc1ccc(COC(=O)N[C@@H]2CCCC[C@H]2C[C@H]2CCCN(c3ccc(C(F)(F)F)cc3)C2)cc1. The topological polar surface area (TPSA) is 50.8 Å². The van der Waals surface area contributed by atoms with Crippen molar-refractivity contribution in [2.45, 2.75) is 70.7 Å². The van der Waals surface area contributed by atoms with Gasteiger partial charge in [0.2, 0.25) is 0 Å². The number of carbonyl (C=O) groups is 1. The Morgan fingerprint density at radius 2 is 1.73 bits per heavy atom. The number of rotatable bonds is 8. The second-order valence-corrected chi connectivity index (χ2v) is 10.2. The lowest BCUT2D eigenvalue weighted by atomic mass is 9.77. The summed E-state index contributed by atoms with van der Waals surface area (Å²) in [4.78, 5) is 14.8. The minimum absolute atomic E-state index is 0.0861. The number of nitrogens with one attached hydrogen (secondary N) is 1. The van der Waals surface area contributed by atoms with E-state index in [-0.39, 0.29) is 18.7 Å². The van der Waals surface area contributed by atoms with Gasteiger partial charge in [0.15, 0.2) is 0 Å². The lowest BCUT2D eigenvalue weighted by molar-refractivity contribution is -0.137. The standard InChI is InChI=1S/C29H37F3N2O3/c1-2-36-26-15-9-21(10-16-26)20-37-28(35)33-27-8-4-3-7-23(27)18-22-6-5-17-34(19-22)25-13-11-24(12-14-25)29(30,31)32/h9-16,22-23,27H,2-8,17-20H2,1H3,(H,33,35)/t22-,23+,27-/m1/s1. The predicted octanol–water partition coefficient (Wildman–Crippen LogP) is 7.20. The molecule has 0 aromatic heterocycles. The first-order valence-electron chi connectivity index (χ1n) is 13.4. The van der Waals surface area contributed by atoms with Crippen LogP contribution in [0.15, 0.2) is 48.5 Å². The largest absolute Gasteiger partial charge is 0.494 e. The van der Waals surface area contributed by atoms with E-state index in [0.717, 1.165) is 75.0 Å². The molecule has 0 bridgehead atoms. The second kappa shape index (κ2) is 12.6. The molecule has 1 saturated heterocycles. The fourth-order valence-electron chi connectivity index (χ4n) is 5.65. The molecule has 0 spiro atoms. The van der Waals surface area contributed by atoms with Crippen LogP contribution in [0.1, 0.15) is 63.0 Å². The predicted molar refractivity (Wildman–Crippen MR) is 138 cm³/mol. The summed E-state index contributed by atoms with van der Waals surface area (Å²) in [5.41, 5.74) is 1.13. The highest BCUT2D eigenvalue weighted by Gasteiger charge is 2.32. The van der Waals surface area contributed by atoms with E-state index in [1.807, 2.05) is 31.2 Å². The molecule has 2 fully saturated rings. The van der Waals surface area contributed by atoms with Crippen LogP contribution < -0.4 is 15.0 Å². The third-order valence-electron chi connectivity index (χ3n) is 7.53. The van der Waals surface area contributed by atoms with E-state index in [1.54, 1.807) is 12.1 Å². The molecule has 3 atom stereocenters. The molecule has 1 aliphatic carbocycles. The minimum Gasteiger partial charge on any atom is -0.494 e. The summed E-state index contributed by atoms with van der Waals surface area (Å²) in [6.07, 6.45) is 2.66. The Morgan fingerprint density at radius 1 is 1.00 bits per heavy atom. The van der Waals surface area contributed by atoms with Gasteiger partial charge in [-0.25, -0.2) is 4.79 Å². The molecule has 4 rings (SSSR count). The fourth-order valence-corrected chi connectivity index (χ4v) is 5.65. The Kier molecular flexibility index (Phi) is 9.22. The van der Waals surface area contributed by atoms with Crippen LogP contribution in [-0.2, 0) is 17.5 Å². The van der Waals surface area contributed by atoms with Crippen molar-refractivity contribution in [1.29, 1.82) is 0 Å². The first kappa shape index (κ1) is 27.1. The van der Waals surface area contributed by atoms with Crippen LogP contribution in [0.4, 0.5) is 23.7 Å². The quantitative estimate of drug-likeness (QED) is 0.402. The van der Waals surface area contributed by atoms with Crippen molar-refractivity contribution >= 4 is 11.8 Å². The number of nitrogens with zero attached hydrogens (tertiary/aromatic N) is 1. The van der Waals surface area contributed by atoms with Gasteiger partial charge in [0.25, 0.3) is 0 Å². The van der Waals surface area contributed by atoms with Crippen molar-refractivity contribution < 1.29 is 27.4 Å². The smallest absolute Gasteiger partial charge is 0.416 e. The average molecular weight is 519 g/mol. The molecule has 202 valence electrons. The van der Waals surface area contributed by atoms with Crippen molar-refractivity contribution in [3.8, 4) is 5.75 Å². The van der Waals surface area contributed by atoms with Gasteiger partial charge in [-0.05, 0) is 92.8 Å². The van der Waals surface area contributed by atoms with E-state index >= 15 is 0 Å². The van der Waals surface area contributed by atoms with Crippen molar-refractivity contribution in [3.05, 3.63) is 59.7 Å². The van der Waals surface area contributed by atoms with Gasteiger partial charge < -0.3 is 19.7 Å². The lowest BCUT2D eigenvalue weighted by Gasteiger charge is -2.39. The zero-order chi connectivity index (χ0) is 26.3. The molecule has 1 N–H and O–H groups in total. The number of ether oxygens (including phenoxy) is 2. The highest BCUT2D eigenvalue weighted by molar-refractivity contribution is 5.67. The Bertz CT molecular complexity index is 995. The molecular weight excluding hydrogens is 481 g/mol. The van der Waals surface area contributed by atoms with Gasteiger partial charge in [-0.1, -0.05) is 25.0 Å². The van der Waals surface area contributed by atoms with Crippen LogP contribution in [0.5, 0.6) is 5.75 Å². The number of halogens is 3. The third-order valence-corrected chi connectivity index (χ3v) is 7.53. The molecule has 2 aromatic carbocycles. The van der Waals surface area contributed by atoms with E-state index in [9.17, 15) is 18.0 Å². The Hall–Kier alpha value is -2.90. The Morgan fingerprint density at radius 3 is 2.43 bits per heavy atom. The van der Waals surface area contributed by atoms with Gasteiger partial charge in [0, 0.05) is 24.8 Å². The molecule has 0 radical (unpaired) electrons. The Labute approximate surface area is 217 Å². The third kappa shape index (κ3) is 7.79. The van der Waals surface area contributed by atoms with E-state index in [0.29, 0.717) is 18.4 Å². The molecule has 1 heterocycles. The lowest BCUT2D eigenvalue weighted by Crippen LogP contribution is -2.44. The number of amides is 1. The minimum atomic E-state index is -4.32. The van der Waals surface area contributed by atoms with E-state index in [1.165, 1.54) is 12.1 Å². The van der Waals surface area contributed by atoms with Crippen LogP contribution in [0, 0.1) is 11.8 Å². The number of anilines is 1. The maximum absolute atomic E-state index is 12.9. The molecule has 2 aliphatic rings. The monoisotopic (exact) mass is 518 g/mol. The Balaban J connectivity index is 1.28. The molecule has 1 aliphatic heterocycles. The summed E-state index contributed by atoms with van der Waals surface area (Å²) in [6, 6.07) is 13.1. The molecular formula is C29H37F3N2O3. The summed E-state index contributed by atoms with van der Waals surface area (Å²) in [5, 5.41) is 3.12. The van der Waals surface area contributed by atoms with Gasteiger partial charge in [-0.15, -0.1) is 0 Å². The molecule has 8 heteroatoms. The number of hydrogen-bond acceptors (Lipinski definition) is 4. The maximum Gasteiger partial charge on any atom is 0.416 e. The molecule has 2 aromatic rings. The molecule has 0 unspecified atom stereocenters. The summed E-state index contributed by atoms with van der Waals surface area (Å²) >= 11 is 0. The highest BCUT2D eigenvalue weighted by Crippen LogP contribution is 2.35. The normalized spacial score (nSPS) is 22.4. The molecule has 1 saturated carbocycles. The van der Waals surface area contributed by atoms with Gasteiger partial charge >= 0.3 is 12.3 Å². The number of benzene rings is 2. The van der Waals surface area contributed by atoms with Crippen LogP contribution in [0.2, 0.25) is 0 Å². The van der Waals surface area contributed by atoms with Crippen molar-refractivity contribution in [2.24, 2.45) is 11.8 Å². The number of alkyl halides is 3. The van der Waals surface area contributed by atoms with Crippen LogP contribution >= 0.6 is 0 Å². The van der Waals surface area contributed by atoms with Gasteiger partial charge in [0.05, 0.1) is 12.2 Å². The van der Waals surface area contributed by atoms with Crippen LogP contribution in [0.25, 0.3) is 0 Å². The summed E-state index contributed by atoms with van der Waals surface area (Å²) in [5.74, 6) is 1.62.